The molecule has 1 heterocycles. The van der Waals surface area contributed by atoms with Gasteiger partial charge in [-0.05, 0) is 36.1 Å². The Morgan fingerprint density at radius 2 is 1.72 bits per heavy atom. The summed E-state index contributed by atoms with van der Waals surface area (Å²) in [5.41, 5.74) is 10.7. The van der Waals surface area contributed by atoms with E-state index in [4.69, 9.17) is 5.73 Å². The lowest BCUT2D eigenvalue weighted by atomic mass is 10.0. The summed E-state index contributed by atoms with van der Waals surface area (Å²) in [6.07, 6.45) is 2.29. The Hall–Kier alpha value is -3.14. The van der Waals surface area contributed by atoms with Crippen molar-refractivity contribution >= 4 is 5.84 Å². The molecule has 126 valence electrons. The first-order valence-electron chi connectivity index (χ1n) is 8.24. The van der Waals surface area contributed by atoms with Gasteiger partial charge in [0.1, 0.15) is 5.84 Å². The molecule has 0 saturated heterocycles. The molecule has 2 aromatic carbocycles. The zero-order valence-corrected chi connectivity index (χ0v) is 14.2. The fourth-order valence-electron chi connectivity index (χ4n) is 2.71. The summed E-state index contributed by atoms with van der Waals surface area (Å²) >= 11 is 0. The fraction of sp³-hybridized carbons (Fsp3) is 0.143. The van der Waals surface area contributed by atoms with Crippen LogP contribution in [0.1, 0.15) is 27.8 Å². The molecule has 0 aliphatic rings. The van der Waals surface area contributed by atoms with Gasteiger partial charge in [-0.1, -0.05) is 60.2 Å². The Balaban J connectivity index is 1.88. The van der Waals surface area contributed by atoms with E-state index in [1.54, 1.807) is 6.20 Å². The molecule has 3 N–H and O–H groups in total. The van der Waals surface area contributed by atoms with Crippen LogP contribution in [0.25, 0.3) is 0 Å². The number of rotatable bonds is 5. The van der Waals surface area contributed by atoms with E-state index in [0.29, 0.717) is 18.5 Å². The third-order valence-electron chi connectivity index (χ3n) is 4.09. The van der Waals surface area contributed by atoms with Gasteiger partial charge in [0.25, 0.3) is 5.56 Å². The van der Waals surface area contributed by atoms with Gasteiger partial charge in [-0.25, -0.2) is 0 Å². The maximum Gasteiger partial charge on any atom is 0.259 e. The van der Waals surface area contributed by atoms with E-state index < -0.39 is 0 Å². The Kier molecular flexibility index (Phi) is 5.09. The van der Waals surface area contributed by atoms with E-state index in [1.165, 1.54) is 5.56 Å². The summed E-state index contributed by atoms with van der Waals surface area (Å²) in [4.78, 5) is 19.4. The molecule has 0 spiro atoms. The predicted molar refractivity (Wildman–Crippen MR) is 102 cm³/mol. The van der Waals surface area contributed by atoms with Crippen molar-refractivity contribution in [2.45, 2.75) is 19.9 Å². The number of amidine groups is 1. The Bertz CT molecular complexity index is 925. The number of nitrogens with two attached hydrogens (primary N) is 1. The van der Waals surface area contributed by atoms with Gasteiger partial charge in [0, 0.05) is 6.20 Å². The number of nitrogens with one attached hydrogen (secondary N) is 1. The van der Waals surface area contributed by atoms with E-state index in [0.717, 1.165) is 16.7 Å². The van der Waals surface area contributed by atoms with Gasteiger partial charge in [0.05, 0.1) is 12.1 Å². The van der Waals surface area contributed by atoms with E-state index >= 15 is 0 Å². The first-order chi connectivity index (χ1) is 12.1. The maximum absolute atomic E-state index is 12.3. The molecule has 3 aromatic rings. The van der Waals surface area contributed by atoms with Crippen molar-refractivity contribution in [2.24, 2.45) is 10.7 Å². The highest BCUT2D eigenvalue weighted by atomic mass is 16.1. The van der Waals surface area contributed by atoms with Crippen LogP contribution in [-0.4, -0.2) is 10.8 Å². The second-order valence-corrected chi connectivity index (χ2v) is 6.06. The van der Waals surface area contributed by atoms with Crippen LogP contribution in [0.4, 0.5) is 0 Å². The molecule has 4 heteroatoms. The lowest BCUT2D eigenvalue weighted by molar-refractivity contribution is 1.05. The van der Waals surface area contributed by atoms with Gasteiger partial charge in [-0.15, -0.1) is 0 Å². The summed E-state index contributed by atoms with van der Waals surface area (Å²) in [6, 6.07) is 20.0. The summed E-state index contributed by atoms with van der Waals surface area (Å²) < 4.78 is 0. The molecular formula is C21H21N3O. The first kappa shape index (κ1) is 16.7. The van der Waals surface area contributed by atoms with E-state index in [1.807, 2.05) is 67.6 Å². The Labute approximate surface area is 147 Å². The number of aryl methyl sites for hydroxylation is 1. The first-order valence-corrected chi connectivity index (χ1v) is 8.24. The van der Waals surface area contributed by atoms with Gasteiger partial charge in [-0.2, -0.15) is 0 Å². The van der Waals surface area contributed by atoms with Crippen LogP contribution < -0.4 is 11.3 Å². The molecule has 0 radical (unpaired) electrons. The van der Waals surface area contributed by atoms with Crippen molar-refractivity contribution in [3.8, 4) is 0 Å². The third kappa shape index (κ3) is 4.23. The molecule has 0 fully saturated rings. The van der Waals surface area contributed by atoms with Crippen molar-refractivity contribution in [3.05, 3.63) is 105 Å². The molecule has 1 aromatic heterocycles. The minimum atomic E-state index is -0.210. The number of H-pyrrole nitrogens is 1. The molecule has 0 amide bonds. The minimum absolute atomic E-state index is 0.210. The zero-order chi connectivity index (χ0) is 17.6. The lowest BCUT2D eigenvalue weighted by Gasteiger charge is -2.08. The molecule has 0 saturated carbocycles. The topological polar surface area (TPSA) is 71.2 Å². The number of hydrogen-bond acceptors (Lipinski definition) is 2. The smallest absolute Gasteiger partial charge is 0.259 e. The molecule has 0 atom stereocenters. The van der Waals surface area contributed by atoms with Crippen molar-refractivity contribution in [2.75, 3.05) is 0 Å². The average Bonchev–Trinajstić information content (AvgIpc) is 2.62. The molecule has 0 aliphatic heterocycles. The summed E-state index contributed by atoms with van der Waals surface area (Å²) in [7, 11) is 0. The van der Waals surface area contributed by atoms with Crippen LogP contribution in [0, 0.1) is 6.92 Å². The predicted octanol–water partition coefficient (Wildman–Crippen LogP) is 3.18. The molecule has 0 aliphatic carbocycles. The highest BCUT2D eigenvalue weighted by Crippen LogP contribution is 2.12. The SMILES string of the molecule is Cc1ccc(CN=C(N)c2c(Cc3ccccc3)cc[nH]c2=O)cc1. The van der Waals surface area contributed by atoms with Crippen LogP contribution in [0.3, 0.4) is 0 Å². The second kappa shape index (κ2) is 7.62. The maximum atomic E-state index is 12.3. The molecule has 25 heavy (non-hydrogen) atoms. The number of aromatic nitrogens is 1. The van der Waals surface area contributed by atoms with Crippen LogP contribution in [0.5, 0.6) is 0 Å². The molecule has 3 rings (SSSR count). The van der Waals surface area contributed by atoms with Crippen molar-refractivity contribution in [1.29, 1.82) is 0 Å². The third-order valence-corrected chi connectivity index (χ3v) is 4.09. The second-order valence-electron chi connectivity index (χ2n) is 6.06. The summed E-state index contributed by atoms with van der Waals surface area (Å²) in [6.45, 7) is 2.49. The Morgan fingerprint density at radius 3 is 2.44 bits per heavy atom. The van der Waals surface area contributed by atoms with E-state index in [-0.39, 0.29) is 11.4 Å². The standard InChI is InChI=1S/C21H21N3O/c1-15-7-9-17(10-8-15)14-24-20(22)19-18(11-12-23-21(19)25)13-16-5-3-2-4-6-16/h2-12H,13-14H2,1H3,(H2,22,24)(H,23,25). The summed E-state index contributed by atoms with van der Waals surface area (Å²) in [5.74, 6) is 0.272. The minimum Gasteiger partial charge on any atom is -0.383 e. The lowest BCUT2D eigenvalue weighted by Crippen LogP contribution is -2.27. The number of aliphatic imine (C=N–C) groups is 1. The normalized spacial score (nSPS) is 11.5. The highest BCUT2D eigenvalue weighted by molar-refractivity contribution is 5.98. The van der Waals surface area contributed by atoms with E-state index in [9.17, 15) is 4.79 Å². The van der Waals surface area contributed by atoms with Crippen molar-refractivity contribution in [1.82, 2.24) is 4.98 Å². The van der Waals surface area contributed by atoms with Gasteiger partial charge in [0.2, 0.25) is 0 Å². The molecule has 4 nitrogen and oxygen atoms in total. The number of benzene rings is 2. The van der Waals surface area contributed by atoms with Crippen molar-refractivity contribution in [3.63, 3.8) is 0 Å². The number of nitrogens with zero attached hydrogens (tertiary/aromatic N) is 1. The van der Waals surface area contributed by atoms with E-state index in [2.05, 4.69) is 9.98 Å². The van der Waals surface area contributed by atoms with Gasteiger partial charge < -0.3 is 10.7 Å². The monoisotopic (exact) mass is 331 g/mol. The molecular weight excluding hydrogens is 310 g/mol. The largest absolute Gasteiger partial charge is 0.383 e. The van der Waals surface area contributed by atoms with Crippen molar-refractivity contribution < 1.29 is 0 Å². The zero-order valence-electron chi connectivity index (χ0n) is 14.2. The fourth-order valence-corrected chi connectivity index (χ4v) is 2.71. The quantitative estimate of drug-likeness (QED) is 0.557. The van der Waals surface area contributed by atoms with Crippen LogP contribution in [0.15, 0.2) is 76.6 Å². The number of pyridine rings is 1. The van der Waals surface area contributed by atoms with Crippen LogP contribution in [-0.2, 0) is 13.0 Å². The van der Waals surface area contributed by atoms with Crippen LogP contribution >= 0.6 is 0 Å². The molecule has 0 unspecified atom stereocenters. The average molecular weight is 331 g/mol. The number of hydrogen-bond donors (Lipinski definition) is 2. The van der Waals surface area contributed by atoms with Gasteiger partial charge in [0.15, 0.2) is 0 Å². The Morgan fingerprint density at radius 1 is 1.00 bits per heavy atom. The van der Waals surface area contributed by atoms with Gasteiger partial charge >= 0.3 is 0 Å². The summed E-state index contributed by atoms with van der Waals surface area (Å²) in [5, 5.41) is 0. The van der Waals surface area contributed by atoms with Gasteiger partial charge in [-0.3, -0.25) is 9.79 Å². The highest BCUT2D eigenvalue weighted by Gasteiger charge is 2.11. The van der Waals surface area contributed by atoms with Crippen LogP contribution in [0.2, 0.25) is 0 Å². The number of aromatic amines is 1. The molecule has 0 bridgehead atoms.